The van der Waals surface area contributed by atoms with Crippen LogP contribution in [0.15, 0.2) is 42.5 Å². The van der Waals surface area contributed by atoms with Gasteiger partial charge in [0.05, 0.1) is 23.7 Å². The minimum atomic E-state index is -0.458. The molecule has 6 nitrogen and oxygen atoms in total. The summed E-state index contributed by atoms with van der Waals surface area (Å²) < 4.78 is 10.5. The van der Waals surface area contributed by atoms with E-state index in [1.807, 2.05) is 24.3 Å². The molecule has 0 unspecified atom stereocenters. The molecule has 1 heterocycles. The molecular formula is C20H20N2O4. The number of methoxy groups -OCH3 is 1. The maximum Gasteiger partial charge on any atom is 0.337 e. The monoisotopic (exact) mass is 352 g/mol. The van der Waals surface area contributed by atoms with Gasteiger partial charge in [0.1, 0.15) is 5.75 Å². The fraction of sp³-hybridized carbons (Fsp3) is 0.250. The molecule has 0 radical (unpaired) electrons. The van der Waals surface area contributed by atoms with E-state index >= 15 is 0 Å². The summed E-state index contributed by atoms with van der Waals surface area (Å²) in [5, 5.41) is 1.31. The van der Waals surface area contributed by atoms with Gasteiger partial charge in [0, 0.05) is 17.2 Å². The van der Waals surface area contributed by atoms with Gasteiger partial charge in [0.25, 0.3) is 0 Å². The zero-order valence-corrected chi connectivity index (χ0v) is 14.5. The molecule has 0 aliphatic rings. The van der Waals surface area contributed by atoms with E-state index in [2.05, 4.69) is 4.98 Å². The lowest BCUT2D eigenvalue weighted by Crippen LogP contribution is -2.10. The first kappa shape index (κ1) is 17.8. The molecule has 0 saturated carbocycles. The van der Waals surface area contributed by atoms with Gasteiger partial charge >= 0.3 is 11.9 Å². The molecule has 26 heavy (non-hydrogen) atoms. The van der Waals surface area contributed by atoms with Gasteiger partial charge in [-0.1, -0.05) is 12.1 Å². The third-order valence-electron chi connectivity index (χ3n) is 4.10. The van der Waals surface area contributed by atoms with Gasteiger partial charge < -0.3 is 15.2 Å². The van der Waals surface area contributed by atoms with Gasteiger partial charge in [0.2, 0.25) is 0 Å². The predicted molar refractivity (Wildman–Crippen MR) is 99.1 cm³/mol. The van der Waals surface area contributed by atoms with Crippen LogP contribution in [-0.2, 0) is 9.53 Å². The highest BCUT2D eigenvalue weighted by atomic mass is 16.5. The van der Waals surface area contributed by atoms with Crippen molar-refractivity contribution in [2.75, 3.05) is 13.7 Å². The molecule has 3 aromatic rings. The molecule has 0 spiro atoms. The summed E-state index contributed by atoms with van der Waals surface area (Å²) in [4.78, 5) is 28.7. The highest BCUT2D eigenvalue weighted by Crippen LogP contribution is 2.34. The molecule has 6 heteroatoms. The summed E-state index contributed by atoms with van der Waals surface area (Å²) >= 11 is 0. The molecule has 0 aliphatic heterocycles. The van der Waals surface area contributed by atoms with Crippen LogP contribution in [0.5, 0.6) is 5.75 Å². The molecular weight excluding hydrogens is 332 g/mol. The van der Waals surface area contributed by atoms with E-state index in [0.717, 1.165) is 11.9 Å². The summed E-state index contributed by atoms with van der Waals surface area (Å²) in [7, 11) is 1.32. The van der Waals surface area contributed by atoms with Gasteiger partial charge in [-0.25, -0.2) is 9.78 Å². The minimum Gasteiger partial charge on any atom is -0.465 e. The molecule has 0 fully saturated rings. The molecule has 3 rings (SSSR count). The Morgan fingerprint density at radius 3 is 2.58 bits per heavy atom. The standard InChI is InChI=1S/C20H20N2O4/c1-25-20(24)13-9-10-17-15(12-13)19(26-18(23)8-4-5-11-21)14-6-2-3-7-16(14)22-17/h2-3,6-7,9-10,12H,4-5,8,11,21H2,1H3. The van der Waals surface area contributed by atoms with E-state index in [9.17, 15) is 9.59 Å². The van der Waals surface area contributed by atoms with Crippen molar-refractivity contribution in [1.82, 2.24) is 4.98 Å². The van der Waals surface area contributed by atoms with Crippen LogP contribution in [-0.4, -0.2) is 30.6 Å². The van der Waals surface area contributed by atoms with Crippen LogP contribution in [0.3, 0.4) is 0 Å². The molecule has 0 saturated heterocycles. The summed E-state index contributed by atoms with van der Waals surface area (Å²) in [5.41, 5.74) is 7.20. The van der Waals surface area contributed by atoms with Crippen molar-refractivity contribution in [2.24, 2.45) is 5.73 Å². The molecule has 0 aliphatic carbocycles. The number of nitrogens with zero attached hydrogens (tertiary/aromatic N) is 1. The van der Waals surface area contributed by atoms with E-state index in [1.54, 1.807) is 18.2 Å². The van der Waals surface area contributed by atoms with Crippen LogP contribution in [0.2, 0.25) is 0 Å². The van der Waals surface area contributed by atoms with Gasteiger partial charge in [-0.05, 0) is 49.7 Å². The average molecular weight is 352 g/mol. The summed E-state index contributed by atoms with van der Waals surface area (Å²) in [5.74, 6) is -0.381. The predicted octanol–water partition coefficient (Wildman–Crippen LogP) is 3.21. The van der Waals surface area contributed by atoms with Crippen molar-refractivity contribution in [1.29, 1.82) is 0 Å². The summed E-state index contributed by atoms with van der Waals surface area (Å²) in [6.07, 6.45) is 1.72. The Labute approximate surface area is 150 Å². The molecule has 1 aromatic heterocycles. The fourth-order valence-corrected chi connectivity index (χ4v) is 2.79. The van der Waals surface area contributed by atoms with Crippen molar-refractivity contribution in [2.45, 2.75) is 19.3 Å². The Morgan fingerprint density at radius 1 is 1.04 bits per heavy atom. The minimum absolute atomic E-state index is 0.284. The van der Waals surface area contributed by atoms with E-state index < -0.39 is 5.97 Å². The second-order valence-corrected chi connectivity index (χ2v) is 5.90. The van der Waals surface area contributed by atoms with Crippen molar-refractivity contribution in [3.8, 4) is 5.75 Å². The quantitative estimate of drug-likeness (QED) is 0.416. The lowest BCUT2D eigenvalue weighted by atomic mass is 10.1. The number of carbonyl (C=O) groups excluding carboxylic acids is 2. The molecule has 0 amide bonds. The number of aromatic nitrogens is 1. The second kappa shape index (κ2) is 7.93. The van der Waals surface area contributed by atoms with Gasteiger partial charge in [0.15, 0.2) is 0 Å². The average Bonchev–Trinajstić information content (AvgIpc) is 2.67. The Hall–Kier alpha value is -2.99. The first-order valence-electron chi connectivity index (χ1n) is 8.45. The number of para-hydroxylation sites is 1. The second-order valence-electron chi connectivity index (χ2n) is 5.90. The van der Waals surface area contributed by atoms with E-state index in [1.165, 1.54) is 7.11 Å². The number of carbonyl (C=O) groups is 2. The van der Waals surface area contributed by atoms with E-state index in [0.29, 0.717) is 40.6 Å². The van der Waals surface area contributed by atoms with Crippen LogP contribution >= 0.6 is 0 Å². The fourth-order valence-electron chi connectivity index (χ4n) is 2.79. The highest BCUT2D eigenvalue weighted by Gasteiger charge is 2.16. The smallest absolute Gasteiger partial charge is 0.337 e. The number of fused-ring (bicyclic) bond motifs is 2. The Kier molecular flexibility index (Phi) is 5.43. The highest BCUT2D eigenvalue weighted by molar-refractivity contribution is 6.05. The SMILES string of the molecule is COC(=O)c1ccc2nc3ccccc3c(OC(=O)CCCCN)c2c1. The maximum atomic E-state index is 12.3. The van der Waals surface area contributed by atoms with Crippen LogP contribution in [0.1, 0.15) is 29.6 Å². The van der Waals surface area contributed by atoms with E-state index in [-0.39, 0.29) is 12.4 Å². The lowest BCUT2D eigenvalue weighted by Gasteiger charge is -2.12. The normalized spacial score (nSPS) is 10.8. The zero-order chi connectivity index (χ0) is 18.5. The van der Waals surface area contributed by atoms with Gasteiger partial charge in [-0.15, -0.1) is 0 Å². The molecule has 134 valence electrons. The van der Waals surface area contributed by atoms with Gasteiger partial charge in [-0.2, -0.15) is 0 Å². The third kappa shape index (κ3) is 3.65. The van der Waals surface area contributed by atoms with Crippen molar-refractivity contribution < 1.29 is 19.1 Å². The lowest BCUT2D eigenvalue weighted by molar-refractivity contribution is -0.134. The Bertz CT molecular complexity index is 969. The van der Waals surface area contributed by atoms with Crippen LogP contribution in [0, 0.1) is 0 Å². The Morgan fingerprint density at radius 2 is 1.81 bits per heavy atom. The summed E-state index contributed by atoms with van der Waals surface area (Å²) in [6.45, 7) is 0.539. The van der Waals surface area contributed by atoms with Crippen LogP contribution < -0.4 is 10.5 Å². The number of hydrogen-bond donors (Lipinski definition) is 1. The number of ether oxygens (including phenoxy) is 2. The molecule has 2 N–H and O–H groups in total. The number of pyridine rings is 1. The van der Waals surface area contributed by atoms with Crippen LogP contribution in [0.25, 0.3) is 21.8 Å². The van der Waals surface area contributed by atoms with Crippen molar-refractivity contribution in [3.63, 3.8) is 0 Å². The van der Waals surface area contributed by atoms with Crippen molar-refractivity contribution in [3.05, 3.63) is 48.0 Å². The Balaban J connectivity index is 2.10. The number of rotatable bonds is 6. The number of nitrogens with two attached hydrogens (primary N) is 1. The first-order valence-corrected chi connectivity index (χ1v) is 8.45. The first-order chi connectivity index (χ1) is 12.6. The molecule has 0 bridgehead atoms. The number of hydrogen-bond acceptors (Lipinski definition) is 6. The molecule has 2 aromatic carbocycles. The summed E-state index contributed by atoms with van der Waals surface area (Å²) in [6, 6.07) is 12.4. The largest absolute Gasteiger partial charge is 0.465 e. The number of unbranched alkanes of at least 4 members (excludes halogenated alkanes) is 1. The number of benzene rings is 2. The maximum absolute atomic E-state index is 12.3. The van der Waals surface area contributed by atoms with Crippen LogP contribution in [0.4, 0.5) is 0 Å². The topological polar surface area (TPSA) is 91.5 Å². The zero-order valence-electron chi connectivity index (χ0n) is 14.5. The van der Waals surface area contributed by atoms with Gasteiger partial charge in [-0.3, -0.25) is 4.79 Å². The third-order valence-corrected chi connectivity index (χ3v) is 4.10. The van der Waals surface area contributed by atoms with Crippen molar-refractivity contribution >= 4 is 33.7 Å². The number of esters is 2. The van der Waals surface area contributed by atoms with E-state index in [4.69, 9.17) is 15.2 Å². The molecule has 0 atom stereocenters.